The third kappa shape index (κ3) is 2.17. The SMILES string of the molecule is CS[C@H]1c2c(cc(=O)[nH]c2-c2ccccc2Cl)C(=O)N1C. The van der Waals surface area contributed by atoms with Crippen molar-refractivity contribution in [1.29, 1.82) is 0 Å². The second-order valence-corrected chi connectivity index (χ2v) is 6.15. The van der Waals surface area contributed by atoms with Crippen molar-refractivity contribution in [3.63, 3.8) is 0 Å². The van der Waals surface area contributed by atoms with E-state index in [2.05, 4.69) is 4.98 Å². The second-order valence-electron chi connectivity index (χ2n) is 4.82. The largest absolute Gasteiger partial charge is 0.325 e. The van der Waals surface area contributed by atoms with E-state index < -0.39 is 0 Å². The Morgan fingerprint density at radius 1 is 1.24 bits per heavy atom. The van der Waals surface area contributed by atoms with E-state index >= 15 is 0 Å². The molecule has 0 bridgehead atoms. The van der Waals surface area contributed by atoms with E-state index in [1.54, 1.807) is 29.8 Å². The van der Waals surface area contributed by atoms with Crippen LogP contribution in [-0.2, 0) is 0 Å². The van der Waals surface area contributed by atoms with Crippen LogP contribution in [0.5, 0.6) is 0 Å². The fourth-order valence-electron chi connectivity index (χ4n) is 2.65. The number of rotatable bonds is 2. The lowest BCUT2D eigenvalue weighted by atomic mass is 10.0. The molecule has 0 saturated heterocycles. The van der Waals surface area contributed by atoms with Crippen molar-refractivity contribution in [2.75, 3.05) is 13.3 Å². The minimum absolute atomic E-state index is 0.129. The third-order valence-electron chi connectivity index (χ3n) is 3.60. The Balaban J connectivity index is 2.34. The summed E-state index contributed by atoms with van der Waals surface area (Å²) in [6.07, 6.45) is 1.94. The molecule has 2 aromatic rings. The first-order valence-electron chi connectivity index (χ1n) is 6.36. The number of halogens is 1. The van der Waals surface area contributed by atoms with Crippen molar-refractivity contribution in [2.24, 2.45) is 0 Å². The van der Waals surface area contributed by atoms with Gasteiger partial charge in [0.05, 0.1) is 11.3 Å². The van der Waals surface area contributed by atoms with Crippen LogP contribution in [0.1, 0.15) is 21.3 Å². The summed E-state index contributed by atoms with van der Waals surface area (Å²) in [4.78, 5) is 28.7. The van der Waals surface area contributed by atoms with E-state index in [1.807, 2.05) is 24.5 Å². The first kappa shape index (κ1) is 14.2. The summed E-state index contributed by atoms with van der Waals surface area (Å²) in [5, 5.41) is 0.416. The zero-order chi connectivity index (χ0) is 15.1. The van der Waals surface area contributed by atoms with Crippen molar-refractivity contribution >= 4 is 29.3 Å². The van der Waals surface area contributed by atoms with Gasteiger partial charge in [-0.15, -0.1) is 11.8 Å². The van der Waals surface area contributed by atoms with E-state index in [1.165, 1.54) is 6.07 Å². The number of carbonyl (C=O) groups excluding carboxylic acids is 1. The normalized spacial score (nSPS) is 17.2. The van der Waals surface area contributed by atoms with Gasteiger partial charge in [-0.2, -0.15) is 0 Å². The van der Waals surface area contributed by atoms with Gasteiger partial charge in [0.2, 0.25) is 5.56 Å². The molecule has 0 unspecified atom stereocenters. The number of fused-ring (bicyclic) bond motifs is 1. The standard InChI is InChI=1S/C15H13ClN2O2S/c1-18-14(20)9-7-11(19)17-13(12(9)15(18)21-2)8-5-3-4-6-10(8)16/h3-7,15H,1-2H3,(H,17,19)/t15-/m0/s1. The maximum atomic E-state index is 12.3. The van der Waals surface area contributed by atoms with Crippen molar-refractivity contribution in [3.05, 3.63) is 56.8 Å². The number of hydrogen-bond donors (Lipinski definition) is 1. The van der Waals surface area contributed by atoms with Crippen LogP contribution in [0.15, 0.2) is 35.1 Å². The Labute approximate surface area is 131 Å². The molecular formula is C15H13ClN2O2S. The van der Waals surface area contributed by atoms with Gasteiger partial charge in [-0.1, -0.05) is 29.8 Å². The number of nitrogens with one attached hydrogen (secondary N) is 1. The quantitative estimate of drug-likeness (QED) is 0.925. The maximum Gasteiger partial charge on any atom is 0.255 e. The molecule has 1 aliphatic heterocycles. The molecule has 3 rings (SSSR count). The van der Waals surface area contributed by atoms with Gasteiger partial charge in [0.1, 0.15) is 5.37 Å². The van der Waals surface area contributed by atoms with Gasteiger partial charge in [0.15, 0.2) is 0 Å². The highest BCUT2D eigenvalue weighted by Crippen LogP contribution is 2.43. The molecule has 1 aromatic carbocycles. The first-order chi connectivity index (χ1) is 10.0. The third-order valence-corrected chi connectivity index (χ3v) is 4.93. The van der Waals surface area contributed by atoms with Crippen LogP contribution in [0.3, 0.4) is 0 Å². The topological polar surface area (TPSA) is 53.2 Å². The number of nitrogens with zero attached hydrogens (tertiary/aromatic N) is 1. The number of thioether (sulfide) groups is 1. The molecule has 1 N–H and O–H groups in total. The van der Waals surface area contributed by atoms with Crippen LogP contribution >= 0.6 is 23.4 Å². The smallest absolute Gasteiger partial charge is 0.255 e. The molecule has 4 nitrogen and oxygen atoms in total. The molecule has 0 aliphatic carbocycles. The average molecular weight is 321 g/mol. The summed E-state index contributed by atoms with van der Waals surface area (Å²) < 4.78 is 0. The summed E-state index contributed by atoms with van der Waals surface area (Å²) in [6, 6.07) is 8.66. The van der Waals surface area contributed by atoms with Gasteiger partial charge < -0.3 is 9.88 Å². The molecule has 0 spiro atoms. The maximum absolute atomic E-state index is 12.3. The summed E-state index contributed by atoms with van der Waals surface area (Å²) >= 11 is 7.80. The van der Waals surface area contributed by atoms with Crippen molar-refractivity contribution in [1.82, 2.24) is 9.88 Å². The molecular weight excluding hydrogens is 308 g/mol. The van der Waals surface area contributed by atoms with Crippen LogP contribution in [0.25, 0.3) is 11.3 Å². The Bertz CT molecular complexity index is 787. The van der Waals surface area contributed by atoms with Gasteiger partial charge in [0.25, 0.3) is 5.91 Å². The Morgan fingerprint density at radius 3 is 2.62 bits per heavy atom. The van der Waals surface area contributed by atoms with Gasteiger partial charge in [0, 0.05) is 29.3 Å². The number of aromatic nitrogens is 1. The number of H-pyrrole nitrogens is 1. The lowest BCUT2D eigenvalue weighted by Gasteiger charge is -2.19. The Kier molecular flexibility index (Phi) is 3.55. The molecule has 1 amide bonds. The molecule has 108 valence electrons. The Morgan fingerprint density at radius 2 is 1.95 bits per heavy atom. The molecule has 1 aliphatic rings. The van der Waals surface area contributed by atoms with Gasteiger partial charge in [-0.3, -0.25) is 9.59 Å². The summed E-state index contributed by atoms with van der Waals surface area (Å²) in [7, 11) is 1.74. The number of benzene rings is 1. The summed E-state index contributed by atoms with van der Waals surface area (Å²) in [5.41, 5.74) is 2.33. The number of hydrogen-bond acceptors (Lipinski definition) is 3. The van der Waals surface area contributed by atoms with E-state index in [9.17, 15) is 9.59 Å². The Hall–Kier alpha value is -1.72. The predicted molar refractivity (Wildman–Crippen MR) is 85.9 cm³/mol. The number of amides is 1. The van der Waals surface area contributed by atoms with Crippen LogP contribution in [0, 0.1) is 0 Å². The molecule has 1 atom stereocenters. The van der Waals surface area contributed by atoms with Crippen molar-refractivity contribution in [3.8, 4) is 11.3 Å². The van der Waals surface area contributed by atoms with Crippen LogP contribution in [0.2, 0.25) is 5.02 Å². The number of aromatic amines is 1. The number of carbonyl (C=O) groups is 1. The zero-order valence-corrected chi connectivity index (χ0v) is 13.1. The molecule has 0 fully saturated rings. The highest BCUT2D eigenvalue weighted by Gasteiger charge is 2.37. The van der Waals surface area contributed by atoms with E-state index in [4.69, 9.17) is 11.6 Å². The van der Waals surface area contributed by atoms with E-state index in [-0.39, 0.29) is 16.8 Å². The van der Waals surface area contributed by atoms with Crippen LogP contribution in [-0.4, -0.2) is 29.1 Å². The second kappa shape index (κ2) is 5.24. The lowest BCUT2D eigenvalue weighted by molar-refractivity contribution is 0.0813. The lowest BCUT2D eigenvalue weighted by Crippen LogP contribution is -2.21. The fourth-order valence-corrected chi connectivity index (χ4v) is 3.77. The van der Waals surface area contributed by atoms with E-state index in [0.717, 1.165) is 11.1 Å². The monoisotopic (exact) mass is 320 g/mol. The first-order valence-corrected chi connectivity index (χ1v) is 8.03. The van der Waals surface area contributed by atoms with Crippen LogP contribution < -0.4 is 5.56 Å². The van der Waals surface area contributed by atoms with Crippen molar-refractivity contribution in [2.45, 2.75) is 5.37 Å². The highest BCUT2D eigenvalue weighted by molar-refractivity contribution is 7.98. The fraction of sp³-hybridized carbons (Fsp3) is 0.200. The molecule has 0 saturated carbocycles. The van der Waals surface area contributed by atoms with Crippen molar-refractivity contribution < 1.29 is 4.79 Å². The van der Waals surface area contributed by atoms with Crippen LogP contribution in [0.4, 0.5) is 0 Å². The summed E-state index contributed by atoms with van der Waals surface area (Å²) in [6.45, 7) is 0. The van der Waals surface area contributed by atoms with Gasteiger partial charge >= 0.3 is 0 Å². The predicted octanol–water partition coefficient (Wildman–Crippen LogP) is 3.14. The van der Waals surface area contributed by atoms with Gasteiger partial charge in [-0.25, -0.2) is 0 Å². The molecule has 6 heteroatoms. The number of pyridine rings is 1. The molecule has 21 heavy (non-hydrogen) atoms. The average Bonchev–Trinajstić information content (AvgIpc) is 2.71. The highest BCUT2D eigenvalue weighted by atomic mass is 35.5. The summed E-state index contributed by atoms with van der Waals surface area (Å²) in [5.74, 6) is -0.135. The van der Waals surface area contributed by atoms with E-state index in [0.29, 0.717) is 16.3 Å². The molecule has 0 radical (unpaired) electrons. The minimum Gasteiger partial charge on any atom is -0.325 e. The zero-order valence-electron chi connectivity index (χ0n) is 11.5. The minimum atomic E-state index is -0.299. The molecule has 1 aromatic heterocycles. The van der Waals surface area contributed by atoms with Gasteiger partial charge in [-0.05, 0) is 12.3 Å². The molecule has 2 heterocycles.